The number of hydrogen-bond acceptors (Lipinski definition) is 7. The van der Waals surface area contributed by atoms with Gasteiger partial charge in [-0.3, -0.25) is 24.6 Å². The minimum Gasteiger partial charge on any atom is -0.374 e. The number of piperazine rings is 1. The summed E-state index contributed by atoms with van der Waals surface area (Å²) in [6.07, 6.45) is 3.25. The summed E-state index contributed by atoms with van der Waals surface area (Å²) in [4.78, 5) is 42.5. The highest BCUT2D eigenvalue weighted by molar-refractivity contribution is 6.01. The zero-order valence-electron chi connectivity index (χ0n) is 18.6. The maximum Gasteiger partial charge on any atom is 0.249 e. The molecule has 32 heavy (non-hydrogen) atoms. The van der Waals surface area contributed by atoms with E-state index in [2.05, 4.69) is 32.6 Å². The number of carbonyl (C=O) groups is 3. The molecule has 1 atom stereocenters. The number of likely N-dealkylation sites (tertiary alicyclic amines) is 1. The van der Waals surface area contributed by atoms with E-state index in [-0.39, 0.29) is 29.8 Å². The molecule has 4 N–H and O–H groups in total. The smallest absolute Gasteiger partial charge is 0.249 e. The molecule has 3 fully saturated rings. The zero-order chi connectivity index (χ0) is 22.5. The second kappa shape index (κ2) is 10.3. The lowest BCUT2D eigenvalue weighted by molar-refractivity contribution is -0.134. The molecule has 4 rings (SSSR count). The lowest BCUT2D eigenvalue weighted by atomic mass is 10.1. The van der Waals surface area contributed by atoms with Gasteiger partial charge in [-0.2, -0.15) is 0 Å². The van der Waals surface area contributed by atoms with Crippen LogP contribution in [0.3, 0.4) is 0 Å². The summed E-state index contributed by atoms with van der Waals surface area (Å²) in [6, 6.07) is 7.93. The van der Waals surface area contributed by atoms with Gasteiger partial charge in [0.15, 0.2) is 0 Å². The highest BCUT2D eigenvalue weighted by Crippen LogP contribution is 2.23. The van der Waals surface area contributed by atoms with E-state index in [1.807, 2.05) is 17.0 Å². The van der Waals surface area contributed by atoms with Gasteiger partial charge in [0, 0.05) is 76.1 Å². The normalized spacial score (nSPS) is 23.2. The van der Waals surface area contributed by atoms with Gasteiger partial charge in [-0.25, -0.2) is 0 Å². The Labute approximate surface area is 189 Å². The van der Waals surface area contributed by atoms with Crippen molar-refractivity contribution in [3.8, 4) is 0 Å². The Bertz CT molecular complexity index is 831. The molecule has 1 unspecified atom stereocenters. The van der Waals surface area contributed by atoms with Crippen molar-refractivity contribution in [3.05, 3.63) is 24.3 Å². The topological polar surface area (TPSA) is 111 Å². The van der Waals surface area contributed by atoms with Gasteiger partial charge in [0.2, 0.25) is 17.7 Å². The average Bonchev–Trinajstić information content (AvgIpc) is 2.80. The van der Waals surface area contributed by atoms with Gasteiger partial charge in [0.1, 0.15) is 6.04 Å². The summed E-state index contributed by atoms with van der Waals surface area (Å²) >= 11 is 0. The largest absolute Gasteiger partial charge is 0.374 e. The molecule has 1 aromatic carbocycles. The summed E-state index contributed by atoms with van der Waals surface area (Å²) in [5, 5.41) is 5.64. The third-order valence-corrected chi connectivity index (χ3v) is 6.70. The molecular weight excluding hydrogens is 408 g/mol. The van der Waals surface area contributed by atoms with Gasteiger partial charge in [0.05, 0.1) is 0 Å². The molecule has 174 valence electrons. The van der Waals surface area contributed by atoms with E-state index in [1.165, 1.54) is 0 Å². The molecule has 3 heterocycles. The van der Waals surface area contributed by atoms with Gasteiger partial charge >= 0.3 is 0 Å². The van der Waals surface area contributed by atoms with E-state index in [0.717, 1.165) is 70.0 Å². The molecule has 1 aromatic rings. The van der Waals surface area contributed by atoms with Crippen LogP contribution in [0, 0.1) is 0 Å². The van der Waals surface area contributed by atoms with Crippen LogP contribution in [0.4, 0.5) is 11.4 Å². The Balaban J connectivity index is 1.23. The quantitative estimate of drug-likeness (QED) is 0.546. The number of nitrogens with two attached hydrogens (primary N) is 1. The molecule has 0 bridgehead atoms. The molecule has 0 spiro atoms. The third kappa shape index (κ3) is 5.77. The van der Waals surface area contributed by atoms with Crippen molar-refractivity contribution in [3.63, 3.8) is 0 Å². The van der Waals surface area contributed by atoms with Gasteiger partial charge in [-0.15, -0.1) is 0 Å². The van der Waals surface area contributed by atoms with E-state index in [9.17, 15) is 14.4 Å². The van der Waals surface area contributed by atoms with Crippen LogP contribution in [-0.2, 0) is 14.4 Å². The molecule has 0 saturated carbocycles. The number of rotatable bonds is 6. The van der Waals surface area contributed by atoms with Crippen molar-refractivity contribution in [2.75, 3.05) is 56.0 Å². The summed E-state index contributed by atoms with van der Waals surface area (Å²) in [5.41, 5.74) is 7.93. The zero-order valence-corrected chi connectivity index (χ0v) is 18.6. The van der Waals surface area contributed by atoms with Crippen LogP contribution >= 0.6 is 0 Å². The van der Waals surface area contributed by atoms with Crippen LogP contribution in [0.15, 0.2) is 24.3 Å². The number of imide groups is 1. The molecule has 0 radical (unpaired) electrons. The van der Waals surface area contributed by atoms with Crippen molar-refractivity contribution >= 4 is 29.1 Å². The van der Waals surface area contributed by atoms with Crippen molar-refractivity contribution < 1.29 is 14.4 Å². The Hall–Kier alpha value is -2.65. The summed E-state index contributed by atoms with van der Waals surface area (Å²) < 4.78 is 0. The summed E-state index contributed by atoms with van der Waals surface area (Å²) in [6.45, 7) is 6.01. The highest BCUT2D eigenvalue weighted by Gasteiger charge is 2.27. The fraction of sp³-hybridized carbons (Fsp3) is 0.609. The predicted octanol–water partition coefficient (Wildman–Crippen LogP) is 0.366. The molecule has 3 aliphatic rings. The van der Waals surface area contributed by atoms with Crippen molar-refractivity contribution in [2.45, 2.75) is 44.2 Å². The Morgan fingerprint density at radius 3 is 2.53 bits per heavy atom. The molecular formula is C23H34N6O3. The van der Waals surface area contributed by atoms with Gasteiger partial charge in [-0.05, 0) is 37.5 Å². The number of hydrogen-bond donors (Lipinski definition) is 3. The van der Waals surface area contributed by atoms with Crippen molar-refractivity contribution in [1.82, 2.24) is 15.1 Å². The van der Waals surface area contributed by atoms with Crippen LogP contribution in [0.25, 0.3) is 0 Å². The number of nitrogens with zero attached hydrogens (tertiary/aromatic N) is 3. The Morgan fingerprint density at radius 1 is 1.06 bits per heavy atom. The van der Waals surface area contributed by atoms with E-state index in [4.69, 9.17) is 5.73 Å². The molecule has 3 aliphatic heterocycles. The SMILES string of the molecule is NC1CCN(C(=O)CCN2CCN(c3cccc(NC4CCC(=O)NC4=O)c3)CC2)CC1. The number of piperidine rings is 2. The van der Waals surface area contributed by atoms with Gasteiger partial charge < -0.3 is 20.9 Å². The van der Waals surface area contributed by atoms with Crippen LogP contribution in [-0.4, -0.2) is 85.4 Å². The van der Waals surface area contributed by atoms with Crippen LogP contribution in [0.1, 0.15) is 32.1 Å². The second-order valence-electron chi connectivity index (χ2n) is 9.00. The molecule has 0 aliphatic carbocycles. The van der Waals surface area contributed by atoms with E-state index >= 15 is 0 Å². The minimum atomic E-state index is -0.382. The lowest BCUT2D eigenvalue weighted by Gasteiger charge is -2.37. The predicted molar refractivity (Wildman–Crippen MR) is 123 cm³/mol. The first kappa shape index (κ1) is 22.5. The number of anilines is 2. The first-order valence-corrected chi connectivity index (χ1v) is 11.7. The molecule has 0 aromatic heterocycles. The Morgan fingerprint density at radius 2 is 1.81 bits per heavy atom. The maximum absolute atomic E-state index is 12.5. The number of benzene rings is 1. The Kier molecular flexibility index (Phi) is 7.26. The maximum atomic E-state index is 12.5. The molecule has 3 saturated heterocycles. The monoisotopic (exact) mass is 442 g/mol. The standard InChI is InChI=1S/C23H34N6O3/c24-17-6-10-29(11-7-17)22(31)8-9-27-12-14-28(15-13-27)19-3-1-2-18(16-19)25-20-4-5-21(30)26-23(20)32/h1-3,16-17,20,25H,4-15,24H2,(H,26,30,32). The molecule has 3 amide bonds. The van der Waals surface area contributed by atoms with Crippen LogP contribution < -0.4 is 21.3 Å². The van der Waals surface area contributed by atoms with E-state index in [0.29, 0.717) is 19.3 Å². The molecule has 9 nitrogen and oxygen atoms in total. The summed E-state index contributed by atoms with van der Waals surface area (Å²) in [7, 11) is 0. The average molecular weight is 443 g/mol. The van der Waals surface area contributed by atoms with Crippen molar-refractivity contribution in [2.24, 2.45) is 5.73 Å². The summed E-state index contributed by atoms with van der Waals surface area (Å²) in [5.74, 6) is -0.227. The number of nitrogens with one attached hydrogen (secondary N) is 2. The lowest BCUT2D eigenvalue weighted by Crippen LogP contribution is -2.48. The van der Waals surface area contributed by atoms with Gasteiger partial charge in [0.25, 0.3) is 0 Å². The van der Waals surface area contributed by atoms with Gasteiger partial charge in [-0.1, -0.05) is 6.07 Å². The fourth-order valence-electron chi connectivity index (χ4n) is 4.62. The number of amides is 3. The van der Waals surface area contributed by atoms with Crippen LogP contribution in [0.5, 0.6) is 0 Å². The third-order valence-electron chi connectivity index (χ3n) is 6.70. The second-order valence-corrected chi connectivity index (χ2v) is 9.00. The minimum absolute atomic E-state index is 0.207. The number of carbonyl (C=O) groups excluding carboxylic acids is 3. The highest BCUT2D eigenvalue weighted by atomic mass is 16.2. The van der Waals surface area contributed by atoms with E-state index in [1.54, 1.807) is 0 Å². The van der Waals surface area contributed by atoms with Crippen molar-refractivity contribution in [1.29, 1.82) is 0 Å². The van der Waals surface area contributed by atoms with Crippen LogP contribution in [0.2, 0.25) is 0 Å². The fourth-order valence-corrected chi connectivity index (χ4v) is 4.62. The first-order chi connectivity index (χ1) is 15.5. The molecule has 9 heteroatoms. The van der Waals surface area contributed by atoms with E-state index < -0.39 is 0 Å². The first-order valence-electron chi connectivity index (χ1n) is 11.7.